The SMILES string of the molecule is FC(F)(F)Oc1ccc(OCCCCCBr)cc1Br. The maximum absolute atomic E-state index is 12.1. The predicted octanol–water partition coefficient (Wildman–Crippen LogP) is 5.29. The topological polar surface area (TPSA) is 18.5 Å². The lowest BCUT2D eigenvalue weighted by Crippen LogP contribution is -2.17. The quantitative estimate of drug-likeness (QED) is 0.453. The summed E-state index contributed by atoms with van der Waals surface area (Å²) >= 11 is 6.36. The van der Waals surface area contributed by atoms with Gasteiger partial charge in [0.25, 0.3) is 0 Å². The fraction of sp³-hybridized carbons (Fsp3) is 0.500. The molecule has 108 valence electrons. The number of ether oxygens (including phenoxy) is 2. The van der Waals surface area contributed by atoms with Crippen LogP contribution in [-0.4, -0.2) is 18.3 Å². The Balaban J connectivity index is 2.47. The molecule has 2 nitrogen and oxygen atoms in total. The van der Waals surface area contributed by atoms with Crippen molar-refractivity contribution >= 4 is 31.9 Å². The first kappa shape index (κ1) is 16.6. The summed E-state index contributed by atoms with van der Waals surface area (Å²) in [6.45, 7) is 0.541. The zero-order valence-electron chi connectivity index (χ0n) is 9.97. The Kier molecular flexibility index (Phi) is 6.99. The predicted molar refractivity (Wildman–Crippen MR) is 74.0 cm³/mol. The number of hydrogen-bond acceptors (Lipinski definition) is 2. The van der Waals surface area contributed by atoms with Crippen LogP contribution in [0.3, 0.4) is 0 Å². The zero-order chi connectivity index (χ0) is 14.3. The number of hydrogen-bond donors (Lipinski definition) is 0. The second-order valence-corrected chi connectivity index (χ2v) is 5.39. The minimum Gasteiger partial charge on any atom is -0.494 e. The second-order valence-electron chi connectivity index (χ2n) is 3.74. The first-order valence-electron chi connectivity index (χ1n) is 5.66. The molecule has 0 unspecified atom stereocenters. The molecule has 0 aromatic heterocycles. The highest BCUT2D eigenvalue weighted by Crippen LogP contribution is 2.33. The smallest absolute Gasteiger partial charge is 0.494 e. The van der Waals surface area contributed by atoms with E-state index in [-0.39, 0.29) is 10.2 Å². The Morgan fingerprint density at radius 1 is 1.11 bits per heavy atom. The normalized spacial score (nSPS) is 11.4. The highest BCUT2D eigenvalue weighted by Gasteiger charge is 2.31. The Bertz CT molecular complexity index is 397. The molecule has 0 radical (unpaired) electrons. The number of benzene rings is 1. The molecule has 1 aromatic rings. The van der Waals surface area contributed by atoms with Gasteiger partial charge < -0.3 is 9.47 Å². The molecule has 0 saturated heterocycles. The van der Waals surface area contributed by atoms with E-state index in [1.165, 1.54) is 18.2 Å². The highest BCUT2D eigenvalue weighted by molar-refractivity contribution is 9.10. The van der Waals surface area contributed by atoms with Crippen molar-refractivity contribution < 1.29 is 22.6 Å². The van der Waals surface area contributed by atoms with Gasteiger partial charge in [-0.2, -0.15) is 0 Å². The molecular formula is C12H13Br2F3O2. The average molecular weight is 406 g/mol. The van der Waals surface area contributed by atoms with Crippen LogP contribution in [0.1, 0.15) is 19.3 Å². The molecule has 0 atom stereocenters. The summed E-state index contributed by atoms with van der Waals surface area (Å²) in [4.78, 5) is 0. The Hall–Kier alpha value is -0.430. The van der Waals surface area contributed by atoms with E-state index in [2.05, 4.69) is 36.6 Å². The maximum Gasteiger partial charge on any atom is 0.573 e. The van der Waals surface area contributed by atoms with Crippen LogP contribution in [0.25, 0.3) is 0 Å². The summed E-state index contributed by atoms with van der Waals surface area (Å²) in [5, 5.41) is 0.960. The van der Waals surface area contributed by atoms with Crippen LogP contribution in [0, 0.1) is 0 Å². The lowest BCUT2D eigenvalue weighted by molar-refractivity contribution is -0.274. The summed E-state index contributed by atoms with van der Waals surface area (Å²) in [7, 11) is 0. The van der Waals surface area contributed by atoms with Gasteiger partial charge in [0.2, 0.25) is 0 Å². The molecule has 0 heterocycles. The van der Waals surface area contributed by atoms with E-state index in [9.17, 15) is 13.2 Å². The van der Waals surface area contributed by atoms with Crippen molar-refractivity contribution in [3.8, 4) is 11.5 Å². The number of halogens is 5. The maximum atomic E-state index is 12.1. The van der Waals surface area contributed by atoms with E-state index >= 15 is 0 Å². The molecule has 7 heteroatoms. The van der Waals surface area contributed by atoms with E-state index in [1.807, 2.05) is 0 Å². The largest absolute Gasteiger partial charge is 0.573 e. The monoisotopic (exact) mass is 404 g/mol. The van der Waals surface area contributed by atoms with Gasteiger partial charge in [-0.15, -0.1) is 13.2 Å². The van der Waals surface area contributed by atoms with Crippen molar-refractivity contribution in [1.82, 2.24) is 0 Å². The molecule has 0 aliphatic rings. The molecule has 1 rings (SSSR count). The first-order valence-corrected chi connectivity index (χ1v) is 7.58. The summed E-state index contributed by atoms with van der Waals surface area (Å²) in [5.41, 5.74) is 0. The van der Waals surface area contributed by atoms with Gasteiger partial charge in [0.1, 0.15) is 11.5 Å². The zero-order valence-corrected chi connectivity index (χ0v) is 13.1. The van der Waals surface area contributed by atoms with Gasteiger partial charge in [0, 0.05) is 5.33 Å². The number of rotatable bonds is 7. The Morgan fingerprint density at radius 3 is 2.42 bits per heavy atom. The van der Waals surface area contributed by atoms with Crippen LogP contribution in [0.4, 0.5) is 13.2 Å². The average Bonchev–Trinajstić information content (AvgIpc) is 2.31. The molecule has 0 amide bonds. The summed E-state index contributed by atoms with van der Waals surface area (Å²) < 4.78 is 45.7. The minimum atomic E-state index is -4.69. The summed E-state index contributed by atoms with van der Waals surface area (Å²) in [5.74, 6) is 0.236. The van der Waals surface area contributed by atoms with Crippen molar-refractivity contribution in [2.75, 3.05) is 11.9 Å². The van der Waals surface area contributed by atoms with E-state index in [0.29, 0.717) is 12.4 Å². The number of alkyl halides is 4. The third-order valence-corrected chi connectivity index (χ3v) is 3.36. The lowest BCUT2D eigenvalue weighted by Gasteiger charge is -2.12. The summed E-state index contributed by atoms with van der Waals surface area (Å²) in [6.07, 6.45) is -1.67. The molecule has 0 bridgehead atoms. The van der Waals surface area contributed by atoms with Crippen molar-refractivity contribution in [2.24, 2.45) is 0 Å². The third-order valence-electron chi connectivity index (χ3n) is 2.18. The van der Waals surface area contributed by atoms with E-state index in [4.69, 9.17) is 4.74 Å². The van der Waals surface area contributed by atoms with Gasteiger partial charge in [0.05, 0.1) is 11.1 Å². The first-order chi connectivity index (χ1) is 8.92. The van der Waals surface area contributed by atoms with Crippen molar-refractivity contribution in [3.63, 3.8) is 0 Å². The molecule has 0 N–H and O–H groups in total. The molecule has 0 aliphatic carbocycles. The van der Waals surface area contributed by atoms with Gasteiger partial charge in [-0.3, -0.25) is 0 Å². The standard InChI is InChI=1S/C12H13Br2F3O2/c13-6-2-1-3-7-18-9-4-5-11(10(14)8-9)19-12(15,16)17/h4-5,8H,1-3,6-7H2. The van der Waals surface area contributed by atoms with Gasteiger partial charge in [-0.1, -0.05) is 15.9 Å². The van der Waals surface area contributed by atoms with Crippen molar-refractivity contribution in [3.05, 3.63) is 22.7 Å². The van der Waals surface area contributed by atoms with Crippen LogP contribution in [0.2, 0.25) is 0 Å². The van der Waals surface area contributed by atoms with Gasteiger partial charge in [0.15, 0.2) is 0 Å². The molecule has 0 aliphatic heterocycles. The second kappa shape index (κ2) is 7.99. The molecule has 0 fully saturated rings. The van der Waals surface area contributed by atoms with Crippen molar-refractivity contribution in [2.45, 2.75) is 25.6 Å². The highest BCUT2D eigenvalue weighted by atomic mass is 79.9. The van der Waals surface area contributed by atoms with Crippen LogP contribution in [0.15, 0.2) is 22.7 Å². The van der Waals surface area contributed by atoms with E-state index < -0.39 is 6.36 Å². The molecule has 0 saturated carbocycles. The van der Waals surface area contributed by atoms with E-state index in [0.717, 1.165) is 24.6 Å². The van der Waals surface area contributed by atoms with Crippen LogP contribution in [0.5, 0.6) is 11.5 Å². The van der Waals surface area contributed by atoms with Gasteiger partial charge in [-0.25, -0.2) is 0 Å². The van der Waals surface area contributed by atoms with Crippen LogP contribution >= 0.6 is 31.9 Å². The van der Waals surface area contributed by atoms with Gasteiger partial charge in [-0.05, 0) is 53.4 Å². The minimum absolute atomic E-state index is 0.211. The van der Waals surface area contributed by atoms with Crippen LogP contribution in [-0.2, 0) is 0 Å². The van der Waals surface area contributed by atoms with Crippen LogP contribution < -0.4 is 9.47 Å². The Morgan fingerprint density at radius 2 is 1.84 bits per heavy atom. The third kappa shape index (κ3) is 7.06. The van der Waals surface area contributed by atoms with E-state index in [1.54, 1.807) is 0 Å². The lowest BCUT2D eigenvalue weighted by atomic mass is 10.3. The molecule has 19 heavy (non-hydrogen) atoms. The summed E-state index contributed by atoms with van der Waals surface area (Å²) in [6, 6.07) is 4.15. The molecule has 0 spiro atoms. The van der Waals surface area contributed by atoms with Gasteiger partial charge >= 0.3 is 6.36 Å². The van der Waals surface area contributed by atoms with Crippen molar-refractivity contribution in [1.29, 1.82) is 0 Å². The Labute approximate surface area is 126 Å². The fourth-order valence-electron chi connectivity index (χ4n) is 1.34. The number of unbranched alkanes of at least 4 members (excludes halogenated alkanes) is 2. The fourth-order valence-corrected chi connectivity index (χ4v) is 2.18. The molecular weight excluding hydrogens is 393 g/mol. The molecule has 1 aromatic carbocycles.